The highest BCUT2D eigenvalue weighted by molar-refractivity contribution is 6.32. The van der Waals surface area contributed by atoms with Gasteiger partial charge in [-0.05, 0) is 36.2 Å². The van der Waals surface area contributed by atoms with Gasteiger partial charge < -0.3 is 9.32 Å². The van der Waals surface area contributed by atoms with Crippen molar-refractivity contribution in [2.75, 3.05) is 11.4 Å². The molecule has 2 aromatic carbocycles. The Bertz CT molecular complexity index is 993. The lowest BCUT2D eigenvalue weighted by Crippen LogP contribution is -2.29. The molecule has 0 atom stereocenters. The molecule has 4 nitrogen and oxygen atoms in total. The Labute approximate surface area is 136 Å². The molecule has 1 aliphatic heterocycles. The van der Waals surface area contributed by atoms with Crippen LogP contribution in [0.15, 0.2) is 57.7 Å². The molecular formula is C18H12ClNO3. The average Bonchev–Trinajstić information content (AvgIpc) is 2.99. The zero-order valence-corrected chi connectivity index (χ0v) is 12.8. The Balaban J connectivity index is 1.80. The second kappa shape index (κ2) is 5.25. The van der Waals surface area contributed by atoms with Crippen molar-refractivity contribution >= 4 is 34.2 Å². The lowest BCUT2D eigenvalue weighted by atomic mass is 10.2. The van der Waals surface area contributed by atoms with Crippen LogP contribution in [0.1, 0.15) is 16.1 Å². The van der Waals surface area contributed by atoms with Crippen molar-refractivity contribution in [2.24, 2.45) is 0 Å². The maximum Gasteiger partial charge on any atom is 0.294 e. The van der Waals surface area contributed by atoms with Gasteiger partial charge in [0.2, 0.25) is 0 Å². The van der Waals surface area contributed by atoms with E-state index in [9.17, 15) is 9.59 Å². The van der Waals surface area contributed by atoms with Gasteiger partial charge in [0.25, 0.3) is 5.91 Å². The van der Waals surface area contributed by atoms with Crippen LogP contribution in [0.4, 0.5) is 5.69 Å². The van der Waals surface area contributed by atoms with Crippen molar-refractivity contribution < 1.29 is 9.21 Å². The number of hydrogen-bond acceptors (Lipinski definition) is 3. The van der Waals surface area contributed by atoms with E-state index in [1.807, 2.05) is 18.2 Å². The fourth-order valence-corrected chi connectivity index (χ4v) is 3.21. The molecule has 0 N–H and O–H groups in total. The molecule has 23 heavy (non-hydrogen) atoms. The molecule has 4 rings (SSSR count). The molecule has 0 spiro atoms. The van der Waals surface area contributed by atoms with E-state index in [4.69, 9.17) is 16.0 Å². The van der Waals surface area contributed by atoms with E-state index in [-0.39, 0.29) is 17.1 Å². The molecule has 1 aromatic heterocycles. The largest absolute Gasteiger partial charge is 0.451 e. The smallest absolute Gasteiger partial charge is 0.294 e. The molecule has 0 fully saturated rings. The summed E-state index contributed by atoms with van der Waals surface area (Å²) in [5.74, 6) is -0.282. The van der Waals surface area contributed by atoms with Crippen molar-refractivity contribution in [3.8, 4) is 0 Å². The van der Waals surface area contributed by atoms with Gasteiger partial charge in [-0.1, -0.05) is 29.8 Å². The van der Waals surface area contributed by atoms with Gasteiger partial charge in [0, 0.05) is 23.3 Å². The van der Waals surface area contributed by atoms with Gasteiger partial charge in [0.05, 0.1) is 5.39 Å². The zero-order chi connectivity index (χ0) is 16.0. The highest BCUT2D eigenvalue weighted by atomic mass is 35.5. The molecule has 0 bridgehead atoms. The van der Waals surface area contributed by atoms with E-state index in [2.05, 4.69) is 0 Å². The Kier molecular flexibility index (Phi) is 3.20. The predicted octanol–water partition coefficient (Wildman–Crippen LogP) is 3.65. The molecule has 3 aromatic rings. The summed E-state index contributed by atoms with van der Waals surface area (Å²) in [6.45, 7) is 0.522. The van der Waals surface area contributed by atoms with Gasteiger partial charge >= 0.3 is 0 Å². The highest BCUT2D eigenvalue weighted by Gasteiger charge is 2.28. The number of carbonyl (C=O) groups excluding carboxylic acids is 1. The van der Waals surface area contributed by atoms with Crippen LogP contribution >= 0.6 is 11.6 Å². The van der Waals surface area contributed by atoms with Gasteiger partial charge in [-0.2, -0.15) is 0 Å². The number of fused-ring (bicyclic) bond motifs is 2. The second-order valence-electron chi connectivity index (χ2n) is 5.42. The second-order valence-corrected chi connectivity index (χ2v) is 5.82. The summed E-state index contributed by atoms with van der Waals surface area (Å²) in [6.07, 6.45) is 0.693. The molecule has 1 amide bonds. The molecule has 114 valence electrons. The first-order valence-corrected chi connectivity index (χ1v) is 7.65. The van der Waals surface area contributed by atoms with E-state index in [1.165, 1.54) is 6.07 Å². The molecular weight excluding hydrogens is 314 g/mol. The molecule has 0 saturated carbocycles. The van der Waals surface area contributed by atoms with Gasteiger partial charge in [-0.25, -0.2) is 0 Å². The monoisotopic (exact) mass is 325 g/mol. The number of nitrogens with zero attached hydrogens (tertiary/aromatic N) is 1. The third-order valence-electron chi connectivity index (χ3n) is 4.06. The summed E-state index contributed by atoms with van der Waals surface area (Å²) < 4.78 is 5.64. The van der Waals surface area contributed by atoms with E-state index in [0.29, 0.717) is 29.0 Å². The predicted molar refractivity (Wildman–Crippen MR) is 89.3 cm³/mol. The number of halogens is 1. The minimum atomic E-state index is -0.325. The number of carbonyl (C=O) groups is 1. The lowest BCUT2D eigenvalue weighted by molar-refractivity contribution is 0.0963. The SMILES string of the molecule is O=C(c1cc(=O)c2ccccc2o1)N1CCc2c(Cl)cccc21. The summed E-state index contributed by atoms with van der Waals surface area (Å²) in [5, 5.41) is 1.12. The molecule has 0 aliphatic carbocycles. The molecule has 0 saturated heterocycles. The van der Waals surface area contributed by atoms with Crippen molar-refractivity contribution in [2.45, 2.75) is 6.42 Å². The minimum absolute atomic E-state index is 0.0431. The maximum absolute atomic E-state index is 12.8. The number of amides is 1. The van der Waals surface area contributed by atoms with Crippen LogP contribution in [0.5, 0.6) is 0 Å². The Morgan fingerprint density at radius 2 is 1.96 bits per heavy atom. The summed E-state index contributed by atoms with van der Waals surface area (Å²) in [6, 6.07) is 13.6. The van der Waals surface area contributed by atoms with Crippen LogP contribution in [0.25, 0.3) is 11.0 Å². The molecule has 5 heteroatoms. The highest BCUT2D eigenvalue weighted by Crippen LogP contribution is 2.34. The van der Waals surface area contributed by atoms with Gasteiger partial charge in [0.1, 0.15) is 5.58 Å². The van der Waals surface area contributed by atoms with Crippen molar-refractivity contribution in [3.05, 3.63) is 75.1 Å². The Morgan fingerprint density at radius 1 is 1.13 bits per heavy atom. The molecule has 2 heterocycles. The summed E-state index contributed by atoms with van der Waals surface area (Å²) in [4.78, 5) is 26.5. The normalized spacial score (nSPS) is 13.3. The fraction of sp³-hybridized carbons (Fsp3) is 0.111. The Hall–Kier alpha value is -2.59. The van der Waals surface area contributed by atoms with Gasteiger partial charge in [0.15, 0.2) is 11.2 Å². The van der Waals surface area contributed by atoms with Gasteiger partial charge in [-0.3, -0.25) is 9.59 Å². The van der Waals surface area contributed by atoms with E-state index < -0.39 is 0 Å². The van der Waals surface area contributed by atoms with Crippen molar-refractivity contribution in [3.63, 3.8) is 0 Å². The van der Waals surface area contributed by atoms with Gasteiger partial charge in [-0.15, -0.1) is 0 Å². The van der Waals surface area contributed by atoms with E-state index in [1.54, 1.807) is 29.2 Å². The topological polar surface area (TPSA) is 50.5 Å². The molecule has 1 aliphatic rings. The van der Waals surface area contributed by atoms with Crippen LogP contribution in [0.2, 0.25) is 5.02 Å². The fourth-order valence-electron chi connectivity index (χ4n) is 2.94. The number of hydrogen-bond donors (Lipinski definition) is 0. The van der Waals surface area contributed by atoms with E-state index >= 15 is 0 Å². The number of para-hydroxylation sites is 1. The van der Waals surface area contributed by atoms with E-state index in [0.717, 1.165) is 11.3 Å². The van der Waals surface area contributed by atoms with Crippen LogP contribution < -0.4 is 10.3 Å². The standard InChI is InChI=1S/C18H12ClNO3/c19-13-5-3-6-14-11(13)8-9-20(14)18(22)17-10-15(21)12-4-1-2-7-16(12)23-17/h1-7,10H,8-9H2. The van der Waals surface area contributed by atoms with Crippen LogP contribution in [0.3, 0.4) is 0 Å². The van der Waals surface area contributed by atoms with Crippen LogP contribution in [0, 0.1) is 0 Å². The minimum Gasteiger partial charge on any atom is -0.451 e. The van der Waals surface area contributed by atoms with Crippen LogP contribution in [-0.4, -0.2) is 12.5 Å². The third-order valence-corrected chi connectivity index (χ3v) is 4.42. The molecule has 0 radical (unpaired) electrons. The summed E-state index contributed by atoms with van der Waals surface area (Å²) >= 11 is 6.18. The first-order chi connectivity index (χ1) is 11.1. The Morgan fingerprint density at radius 3 is 2.83 bits per heavy atom. The van der Waals surface area contributed by atoms with Crippen molar-refractivity contribution in [1.29, 1.82) is 0 Å². The first kappa shape index (κ1) is 14.0. The van der Waals surface area contributed by atoms with Crippen molar-refractivity contribution in [1.82, 2.24) is 0 Å². The maximum atomic E-state index is 12.8. The number of rotatable bonds is 1. The van der Waals surface area contributed by atoms with Crippen LogP contribution in [-0.2, 0) is 6.42 Å². The number of benzene rings is 2. The lowest BCUT2D eigenvalue weighted by Gasteiger charge is -2.16. The quantitative estimate of drug-likeness (QED) is 0.686. The third kappa shape index (κ3) is 2.23. The summed E-state index contributed by atoms with van der Waals surface area (Å²) in [7, 11) is 0. The molecule has 0 unspecified atom stereocenters. The summed E-state index contributed by atoms with van der Waals surface area (Å²) in [5.41, 5.74) is 1.92. The zero-order valence-electron chi connectivity index (χ0n) is 12.1. The average molecular weight is 326 g/mol. The number of anilines is 1. The first-order valence-electron chi connectivity index (χ1n) is 7.27.